The molecule has 1 saturated carbocycles. The number of carbonyl (C=O) groups is 1. The summed E-state index contributed by atoms with van der Waals surface area (Å²) in [6.45, 7) is 6.46. The number of nitrogens with one attached hydrogen (secondary N) is 2. The molecular formula is C11H22N2O. The molecule has 2 N–H and O–H groups in total. The minimum Gasteiger partial charge on any atom is -0.355 e. The number of hydrogen-bond acceptors (Lipinski definition) is 2. The third-order valence-electron chi connectivity index (χ3n) is 2.65. The fraction of sp³-hybridized carbons (Fsp3) is 0.909. The van der Waals surface area contributed by atoms with Crippen LogP contribution in [0.15, 0.2) is 0 Å². The molecule has 82 valence electrons. The average Bonchev–Trinajstić information content (AvgIpc) is 2.06. The largest absolute Gasteiger partial charge is 0.355 e. The van der Waals surface area contributed by atoms with Gasteiger partial charge in [-0.15, -0.1) is 0 Å². The van der Waals surface area contributed by atoms with E-state index in [1.165, 1.54) is 19.3 Å². The van der Waals surface area contributed by atoms with Gasteiger partial charge in [-0.1, -0.05) is 20.3 Å². The van der Waals surface area contributed by atoms with Crippen LogP contribution in [-0.2, 0) is 4.79 Å². The quantitative estimate of drug-likeness (QED) is 0.672. The van der Waals surface area contributed by atoms with Crippen LogP contribution in [0.25, 0.3) is 0 Å². The van der Waals surface area contributed by atoms with Crippen LogP contribution in [0.1, 0.15) is 33.1 Å². The van der Waals surface area contributed by atoms with Gasteiger partial charge < -0.3 is 10.6 Å². The Balaban J connectivity index is 1.91. The van der Waals surface area contributed by atoms with Crippen LogP contribution in [0.3, 0.4) is 0 Å². The summed E-state index contributed by atoms with van der Waals surface area (Å²) < 4.78 is 0. The summed E-state index contributed by atoms with van der Waals surface area (Å²) in [5.74, 6) is 1.48. The maximum atomic E-state index is 11.3. The van der Waals surface area contributed by atoms with Gasteiger partial charge in [-0.2, -0.15) is 0 Å². The SMILES string of the molecule is CC(C)CNC(=O)CNCC1CCC1. The zero-order valence-electron chi connectivity index (χ0n) is 9.31. The molecule has 0 atom stereocenters. The van der Waals surface area contributed by atoms with Crippen LogP contribution >= 0.6 is 0 Å². The topological polar surface area (TPSA) is 41.1 Å². The molecule has 3 nitrogen and oxygen atoms in total. The van der Waals surface area contributed by atoms with Crippen molar-refractivity contribution in [3.05, 3.63) is 0 Å². The predicted molar refractivity (Wildman–Crippen MR) is 58.1 cm³/mol. The van der Waals surface area contributed by atoms with Crippen molar-refractivity contribution in [1.82, 2.24) is 10.6 Å². The van der Waals surface area contributed by atoms with Crippen LogP contribution in [0.4, 0.5) is 0 Å². The van der Waals surface area contributed by atoms with E-state index in [9.17, 15) is 4.79 Å². The van der Waals surface area contributed by atoms with Crippen molar-refractivity contribution in [3.8, 4) is 0 Å². The van der Waals surface area contributed by atoms with Gasteiger partial charge in [0, 0.05) is 6.54 Å². The van der Waals surface area contributed by atoms with Crippen LogP contribution in [0.5, 0.6) is 0 Å². The fourth-order valence-electron chi connectivity index (χ4n) is 1.47. The molecule has 1 aliphatic rings. The Bertz CT molecular complexity index is 176. The van der Waals surface area contributed by atoms with E-state index >= 15 is 0 Å². The number of rotatable bonds is 6. The third kappa shape index (κ3) is 4.61. The first-order valence-electron chi connectivity index (χ1n) is 5.66. The summed E-state index contributed by atoms with van der Waals surface area (Å²) in [6.07, 6.45) is 4.03. The van der Waals surface area contributed by atoms with Crippen LogP contribution in [0.2, 0.25) is 0 Å². The van der Waals surface area contributed by atoms with E-state index in [2.05, 4.69) is 24.5 Å². The number of amides is 1. The van der Waals surface area contributed by atoms with E-state index in [-0.39, 0.29) is 5.91 Å². The Kier molecular flexibility index (Phi) is 4.94. The van der Waals surface area contributed by atoms with Crippen molar-refractivity contribution in [2.75, 3.05) is 19.6 Å². The van der Waals surface area contributed by atoms with Gasteiger partial charge in [0.15, 0.2) is 0 Å². The lowest BCUT2D eigenvalue weighted by molar-refractivity contribution is -0.120. The van der Waals surface area contributed by atoms with Gasteiger partial charge in [-0.3, -0.25) is 4.79 Å². The van der Waals surface area contributed by atoms with E-state index in [0.717, 1.165) is 19.0 Å². The molecule has 0 bridgehead atoms. The lowest BCUT2D eigenvalue weighted by Crippen LogP contribution is -2.38. The molecule has 1 rings (SSSR count). The minimum atomic E-state index is 0.123. The van der Waals surface area contributed by atoms with Crippen molar-refractivity contribution in [2.24, 2.45) is 11.8 Å². The Morgan fingerprint density at radius 2 is 2.14 bits per heavy atom. The molecule has 0 unspecified atom stereocenters. The summed E-state index contributed by atoms with van der Waals surface area (Å²) >= 11 is 0. The summed E-state index contributed by atoms with van der Waals surface area (Å²) in [7, 11) is 0. The molecule has 1 aliphatic carbocycles. The Morgan fingerprint density at radius 1 is 1.43 bits per heavy atom. The lowest BCUT2D eigenvalue weighted by atomic mass is 9.85. The fourth-order valence-corrected chi connectivity index (χ4v) is 1.47. The molecule has 0 aromatic carbocycles. The second-order valence-electron chi connectivity index (χ2n) is 4.63. The first-order chi connectivity index (χ1) is 6.68. The number of hydrogen-bond donors (Lipinski definition) is 2. The highest BCUT2D eigenvalue weighted by atomic mass is 16.1. The van der Waals surface area contributed by atoms with E-state index in [0.29, 0.717) is 12.5 Å². The van der Waals surface area contributed by atoms with Gasteiger partial charge in [-0.05, 0) is 31.2 Å². The summed E-state index contributed by atoms with van der Waals surface area (Å²) in [4.78, 5) is 11.3. The molecule has 14 heavy (non-hydrogen) atoms. The van der Waals surface area contributed by atoms with Crippen LogP contribution in [0, 0.1) is 11.8 Å². The molecule has 0 spiro atoms. The highest BCUT2D eigenvalue weighted by Crippen LogP contribution is 2.24. The standard InChI is InChI=1S/C11H22N2O/c1-9(2)6-13-11(14)8-12-7-10-4-3-5-10/h9-10,12H,3-8H2,1-2H3,(H,13,14). The molecular weight excluding hydrogens is 176 g/mol. The maximum Gasteiger partial charge on any atom is 0.233 e. The molecule has 0 aliphatic heterocycles. The molecule has 0 radical (unpaired) electrons. The van der Waals surface area contributed by atoms with Crippen molar-refractivity contribution in [3.63, 3.8) is 0 Å². The molecule has 0 aromatic rings. The third-order valence-corrected chi connectivity index (χ3v) is 2.65. The minimum absolute atomic E-state index is 0.123. The normalized spacial score (nSPS) is 16.8. The Hall–Kier alpha value is -0.570. The van der Waals surface area contributed by atoms with Crippen LogP contribution in [-0.4, -0.2) is 25.5 Å². The van der Waals surface area contributed by atoms with E-state index < -0.39 is 0 Å². The maximum absolute atomic E-state index is 11.3. The predicted octanol–water partition coefficient (Wildman–Crippen LogP) is 1.15. The number of carbonyl (C=O) groups excluding carboxylic acids is 1. The summed E-state index contributed by atoms with van der Waals surface area (Å²) in [6, 6.07) is 0. The van der Waals surface area contributed by atoms with Gasteiger partial charge >= 0.3 is 0 Å². The lowest BCUT2D eigenvalue weighted by Gasteiger charge is -2.25. The van der Waals surface area contributed by atoms with E-state index in [1.54, 1.807) is 0 Å². The Morgan fingerprint density at radius 3 is 2.64 bits per heavy atom. The molecule has 0 aromatic heterocycles. The first kappa shape index (κ1) is 11.5. The second-order valence-corrected chi connectivity index (χ2v) is 4.63. The van der Waals surface area contributed by atoms with Crippen molar-refractivity contribution in [1.29, 1.82) is 0 Å². The van der Waals surface area contributed by atoms with Crippen molar-refractivity contribution >= 4 is 5.91 Å². The smallest absolute Gasteiger partial charge is 0.233 e. The van der Waals surface area contributed by atoms with E-state index in [1.807, 2.05) is 0 Å². The van der Waals surface area contributed by atoms with Gasteiger partial charge in [0.25, 0.3) is 0 Å². The summed E-state index contributed by atoms with van der Waals surface area (Å²) in [5.41, 5.74) is 0. The zero-order chi connectivity index (χ0) is 10.4. The molecule has 0 heterocycles. The van der Waals surface area contributed by atoms with Crippen LogP contribution < -0.4 is 10.6 Å². The van der Waals surface area contributed by atoms with Gasteiger partial charge in [-0.25, -0.2) is 0 Å². The molecule has 0 saturated heterocycles. The van der Waals surface area contributed by atoms with Crippen molar-refractivity contribution < 1.29 is 4.79 Å². The van der Waals surface area contributed by atoms with Gasteiger partial charge in [0.2, 0.25) is 5.91 Å². The average molecular weight is 198 g/mol. The van der Waals surface area contributed by atoms with Gasteiger partial charge in [0.05, 0.1) is 6.54 Å². The summed E-state index contributed by atoms with van der Waals surface area (Å²) in [5, 5.41) is 6.09. The monoisotopic (exact) mass is 198 g/mol. The zero-order valence-corrected chi connectivity index (χ0v) is 9.31. The highest BCUT2D eigenvalue weighted by Gasteiger charge is 2.16. The second kappa shape index (κ2) is 6.02. The van der Waals surface area contributed by atoms with Crippen molar-refractivity contribution in [2.45, 2.75) is 33.1 Å². The highest BCUT2D eigenvalue weighted by molar-refractivity contribution is 5.77. The Labute approximate surface area is 86.6 Å². The molecule has 1 fully saturated rings. The molecule has 1 amide bonds. The van der Waals surface area contributed by atoms with Gasteiger partial charge in [0.1, 0.15) is 0 Å². The van der Waals surface area contributed by atoms with E-state index in [4.69, 9.17) is 0 Å². The molecule has 3 heteroatoms. The first-order valence-corrected chi connectivity index (χ1v) is 5.66.